The number of benzene rings is 1. The average molecular weight is 569 g/mol. The van der Waals surface area contributed by atoms with Crippen molar-refractivity contribution in [3.05, 3.63) is 71.5 Å². The molecular formula is C29H31F3N6O3. The van der Waals surface area contributed by atoms with Gasteiger partial charge in [0.25, 0.3) is 0 Å². The second-order valence-corrected chi connectivity index (χ2v) is 9.78. The summed E-state index contributed by atoms with van der Waals surface area (Å²) in [4.78, 5) is 24.4. The molecule has 1 aromatic carbocycles. The molecule has 0 spiro atoms. The maximum Gasteiger partial charge on any atom is 0.416 e. The SMILES string of the molecule is CCOc1ncccc1-c1ccc(C2(C(=O)NC[C@H](N)CO)CCN(c3ccc(C(F)(F)F)cc3C#N)CC2)cn1. The number of aliphatic hydroxyl groups excluding tert-OH is 1. The number of ether oxygens (including phenoxy) is 1. The Morgan fingerprint density at radius 3 is 2.61 bits per heavy atom. The van der Waals surface area contributed by atoms with Crippen molar-refractivity contribution in [1.29, 1.82) is 5.26 Å². The van der Waals surface area contributed by atoms with Crippen LogP contribution in [0.4, 0.5) is 18.9 Å². The highest BCUT2D eigenvalue weighted by atomic mass is 19.4. The lowest BCUT2D eigenvalue weighted by molar-refractivity contribution is -0.137. The highest BCUT2D eigenvalue weighted by Gasteiger charge is 2.44. The number of hydrogen-bond acceptors (Lipinski definition) is 8. The van der Waals surface area contributed by atoms with Crippen LogP contribution in [0.25, 0.3) is 11.3 Å². The number of alkyl halides is 3. The van der Waals surface area contributed by atoms with Crippen molar-refractivity contribution >= 4 is 11.6 Å². The average Bonchev–Trinajstić information content (AvgIpc) is 2.99. The number of rotatable bonds is 9. The van der Waals surface area contributed by atoms with Gasteiger partial charge in [-0.15, -0.1) is 0 Å². The van der Waals surface area contributed by atoms with Crippen molar-refractivity contribution < 1.29 is 27.8 Å². The van der Waals surface area contributed by atoms with Crippen LogP contribution in [0.2, 0.25) is 0 Å². The van der Waals surface area contributed by atoms with Gasteiger partial charge in [-0.25, -0.2) is 4.98 Å². The third-order valence-corrected chi connectivity index (χ3v) is 7.24. The van der Waals surface area contributed by atoms with E-state index < -0.39 is 23.2 Å². The minimum absolute atomic E-state index is 0.0667. The van der Waals surface area contributed by atoms with Crippen LogP contribution in [-0.2, 0) is 16.4 Å². The van der Waals surface area contributed by atoms with E-state index in [9.17, 15) is 28.3 Å². The zero-order valence-corrected chi connectivity index (χ0v) is 22.5. The number of nitrogens with two attached hydrogens (primary N) is 1. The van der Waals surface area contributed by atoms with Gasteiger partial charge in [-0.3, -0.25) is 9.78 Å². The van der Waals surface area contributed by atoms with Gasteiger partial charge in [0.15, 0.2) is 0 Å². The van der Waals surface area contributed by atoms with Gasteiger partial charge < -0.3 is 25.8 Å². The van der Waals surface area contributed by atoms with Crippen LogP contribution in [0.1, 0.15) is 36.5 Å². The van der Waals surface area contributed by atoms with Gasteiger partial charge in [0.2, 0.25) is 11.8 Å². The van der Waals surface area contributed by atoms with E-state index in [4.69, 9.17) is 10.5 Å². The standard InChI is InChI=1S/C29H31F3N6O3/c1-2-41-26-23(4-3-11-35-26)24-7-5-21(16-36-24)28(27(40)37-17-22(34)18-39)9-12-38(13-10-28)25-8-6-20(29(30,31)32)14-19(25)15-33/h3-8,11,14,16,22,39H,2,9-10,12-13,17-18,34H2,1H3,(H,37,40)/t22-/m0/s1. The Bertz CT molecular complexity index is 1400. The van der Waals surface area contributed by atoms with Crippen LogP contribution >= 0.6 is 0 Å². The third-order valence-electron chi connectivity index (χ3n) is 7.24. The predicted octanol–water partition coefficient (Wildman–Crippen LogP) is 3.41. The molecule has 1 atom stereocenters. The number of piperidine rings is 1. The fourth-order valence-corrected chi connectivity index (χ4v) is 4.99. The van der Waals surface area contributed by atoms with Crippen LogP contribution in [-0.4, -0.2) is 59.9 Å². The fourth-order valence-electron chi connectivity index (χ4n) is 4.99. The van der Waals surface area contributed by atoms with E-state index in [1.54, 1.807) is 24.5 Å². The van der Waals surface area contributed by atoms with E-state index in [2.05, 4.69) is 15.3 Å². The lowest BCUT2D eigenvalue weighted by Crippen LogP contribution is -2.54. The Balaban J connectivity index is 1.64. The molecule has 3 aromatic rings. The van der Waals surface area contributed by atoms with E-state index in [0.717, 1.165) is 12.1 Å². The number of aliphatic hydroxyl groups is 1. The maximum atomic E-state index is 13.7. The molecule has 2 aromatic heterocycles. The second kappa shape index (κ2) is 12.5. The molecule has 0 aliphatic carbocycles. The highest BCUT2D eigenvalue weighted by molar-refractivity contribution is 5.89. The van der Waals surface area contributed by atoms with Gasteiger partial charge in [-0.1, -0.05) is 6.07 Å². The van der Waals surface area contributed by atoms with E-state index in [1.807, 2.05) is 30.0 Å². The number of hydrogen-bond donors (Lipinski definition) is 3. The van der Waals surface area contributed by atoms with Gasteiger partial charge >= 0.3 is 6.18 Å². The zero-order valence-electron chi connectivity index (χ0n) is 22.5. The number of halogens is 3. The number of aromatic nitrogens is 2. The first-order valence-electron chi connectivity index (χ1n) is 13.2. The quantitative estimate of drug-likeness (QED) is 0.357. The second-order valence-electron chi connectivity index (χ2n) is 9.78. The third kappa shape index (κ3) is 6.42. The smallest absolute Gasteiger partial charge is 0.416 e. The molecule has 0 radical (unpaired) electrons. The largest absolute Gasteiger partial charge is 0.477 e. The Kier molecular flexibility index (Phi) is 9.10. The minimum atomic E-state index is -4.56. The predicted molar refractivity (Wildman–Crippen MR) is 146 cm³/mol. The molecule has 216 valence electrons. The molecule has 3 heterocycles. The van der Waals surface area contributed by atoms with Crippen LogP contribution in [0, 0.1) is 11.3 Å². The van der Waals surface area contributed by atoms with Crippen LogP contribution in [0.5, 0.6) is 5.88 Å². The van der Waals surface area contributed by atoms with Crippen molar-refractivity contribution in [3.8, 4) is 23.2 Å². The van der Waals surface area contributed by atoms with E-state index in [0.29, 0.717) is 60.9 Å². The summed E-state index contributed by atoms with van der Waals surface area (Å²) in [5, 5.41) is 21.7. The fraction of sp³-hybridized carbons (Fsp3) is 0.379. The molecule has 41 heavy (non-hydrogen) atoms. The Morgan fingerprint density at radius 2 is 2.00 bits per heavy atom. The summed E-state index contributed by atoms with van der Waals surface area (Å²) in [6.07, 6.45) is -0.693. The molecule has 1 aliphatic rings. The number of amides is 1. The molecular weight excluding hydrogens is 537 g/mol. The first-order valence-corrected chi connectivity index (χ1v) is 13.2. The van der Waals surface area contributed by atoms with Gasteiger partial charge in [-0.2, -0.15) is 18.4 Å². The molecule has 4 rings (SSSR count). The molecule has 12 heteroatoms. The maximum absolute atomic E-state index is 13.7. The Morgan fingerprint density at radius 1 is 1.24 bits per heavy atom. The summed E-state index contributed by atoms with van der Waals surface area (Å²) < 4.78 is 45.2. The molecule has 1 aliphatic heterocycles. The number of anilines is 1. The summed E-state index contributed by atoms with van der Waals surface area (Å²) in [5.41, 5.74) is 6.17. The highest BCUT2D eigenvalue weighted by Crippen LogP contribution is 2.40. The molecule has 0 saturated carbocycles. The summed E-state index contributed by atoms with van der Waals surface area (Å²) in [7, 11) is 0. The number of pyridine rings is 2. The molecule has 1 fully saturated rings. The van der Waals surface area contributed by atoms with Gasteiger partial charge in [0, 0.05) is 38.1 Å². The van der Waals surface area contributed by atoms with Gasteiger partial charge in [-0.05, 0) is 61.7 Å². The summed E-state index contributed by atoms with van der Waals surface area (Å²) in [6.45, 7) is 2.67. The molecule has 0 unspecified atom stereocenters. The van der Waals surface area contributed by atoms with Crippen molar-refractivity contribution in [2.45, 2.75) is 37.4 Å². The van der Waals surface area contributed by atoms with E-state index >= 15 is 0 Å². The molecule has 0 bridgehead atoms. The lowest BCUT2D eigenvalue weighted by Gasteiger charge is -2.42. The number of nitrogens with zero attached hydrogens (tertiary/aromatic N) is 4. The molecule has 1 amide bonds. The molecule has 9 nitrogen and oxygen atoms in total. The summed E-state index contributed by atoms with van der Waals surface area (Å²) >= 11 is 0. The van der Waals surface area contributed by atoms with E-state index in [-0.39, 0.29) is 24.6 Å². The van der Waals surface area contributed by atoms with Crippen LogP contribution in [0.3, 0.4) is 0 Å². The van der Waals surface area contributed by atoms with Gasteiger partial charge in [0.1, 0.15) is 6.07 Å². The topological polar surface area (TPSA) is 137 Å². The summed E-state index contributed by atoms with van der Waals surface area (Å²) in [5.74, 6) is 0.152. The zero-order chi connectivity index (χ0) is 29.6. The minimum Gasteiger partial charge on any atom is -0.477 e. The van der Waals surface area contributed by atoms with Crippen molar-refractivity contribution in [3.63, 3.8) is 0 Å². The number of nitrogens with one attached hydrogen (secondary N) is 1. The normalized spacial score (nSPS) is 15.6. The summed E-state index contributed by atoms with van der Waals surface area (Å²) in [6, 6.07) is 11.6. The first-order chi connectivity index (χ1) is 19.6. The Hall–Kier alpha value is -4.21. The number of carbonyl (C=O) groups is 1. The monoisotopic (exact) mass is 568 g/mol. The Labute approximate surface area is 235 Å². The van der Waals surface area contributed by atoms with Crippen molar-refractivity contribution in [2.75, 3.05) is 37.7 Å². The first kappa shape index (κ1) is 29.8. The van der Waals surface area contributed by atoms with Crippen molar-refractivity contribution in [1.82, 2.24) is 15.3 Å². The van der Waals surface area contributed by atoms with Crippen molar-refractivity contribution in [2.24, 2.45) is 5.73 Å². The van der Waals surface area contributed by atoms with Crippen LogP contribution < -0.4 is 20.7 Å². The lowest BCUT2D eigenvalue weighted by atomic mass is 9.72. The van der Waals surface area contributed by atoms with E-state index in [1.165, 1.54) is 6.07 Å². The number of carbonyl (C=O) groups excluding carboxylic acids is 1. The molecule has 4 N–H and O–H groups in total. The molecule has 1 saturated heterocycles. The van der Waals surface area contributed by atoms with Crippen LogP contribution in [0.15, 0.2) is 54.9 Å². The number of nitriles is 1. The van der Waals surface area contributed by atoms with Gasteiger partial charge in [0.05, 0.1) is 46.7 Å².